The fourth-order valence-electron chi connectivity index (χ4n) is 1.13. The Morgan fingerprint density at radius 3 is 2.25 bits per heavy atom. The summed E-state index contributed by atoms with van der Waals surface area (Å²) in [6.07, 6.45) is -3.75. The van der Waals surface area contributed by atoms with Crippen molar-refractivity contribution in [3.05, 3.63) is 0 Å². The second-order valence-electron chi connectivity index (χ2n) is 4.29. The molecule has 0 saturated carbocycles. The molecule has 0 aromatic heterocycles. The molecule has 16 heavy (non-hydrogen) atoms. The van der Waals surface area contributed by atoms with Crippen molar-refractivity contribution in [2.45, 2.75) is 32.7 Å². The summed E-state index contributed by atoms with van der Waals surface area (Å²) in [4.78, 5) is 1.79. The van der Waals surface area contributed by atoms with Gasteiger partial charge in [-0.05, 0) is 25.9 Å². The molecule has 0 aliphatic carbocycles. The molecule has 2 N–H and O–H groups in total. The van der Waals surface area contributed by atoms with E-state index in [1.165, 1.54) is 0 Å². The van der Waals surface area contributed by atoms with Crippen LogP contribution >= 0.6 is 0 Å². The van der Waals surface area contributed by atoms with Crippen LogP contribution in [0.3, 0.4) is 0 Å². The van der Waals surface area contributed by atoms with Gasteiger partial charge in [0.05, 0.1) is 6.61 Å². The first-order chi connectivity index (χ1) is 7.22. The van der Waals surface area contributed by atoms with E-state index in [1.807, 2.05) is 13.8 Å². The molecule has 98 valence electrons. The van der Waals surface area contributed by atoms with Crippen LogP contribution in [0.15, 0.2) is 0 Å². The van der Waals surface area contributed by atoms with E-state index in [9.17, 15) is 13.2 Å². The van der Waals surface area contributed by atoms with Crippen molar-refractivity contribution in [1.82, 2.24) is 4.90 Å². The SMILES string of the molecule is CC(C)C(N)CCN(C)CCOC(F)(F)F. The molecule has 0 aromatic rings. The summed E-state index contributed by atoms with van der Waals surface area (Å²) in [6, 6.07) is 0.0889. The van der Waals surface area contributed by atoms with Gasteiger partial charge in [-0.1, -0.05) is 13.8 Å². The number of halogens is 3. The molecule has 0 aliphatic rings. The third kappa shape index (κ3) is 8.94. The monoisotopic (exact) mass is 242 g/mol. The van der Waals surface area contributed by atoms with E-state index in [2.05, 4.69) is 4.74 Å². The number of ether oxygens (including phenoxy) is 1. The average Bonchev–Trinajstić information content (AvgIpc) is 2.11. The molecule has 0 spiro atoms. The fraction of sp³-hybridized carbons (Fsp3) is 1.00. The summed E-state index contributed by atoms with van der Waals surface area (Å²) in [5, 5.41) is 0. The van der Waals surface area contributed by atoms with Crippen LogP contribution in [0.5, 0.6) is 0 Å². The third-order valence-electron chi connectivity index (χ3n) is 2.44. The van der Waals surface area contributed by atoms with Crippen LogP contribution in [-0.2, 0) is 4.74 Å². The molecule has 1 unspecified atom stereocenters. The highest BCUT2D eigenvalue weighted by atomic mass is 19.4. The number of likely N-dealkylation sites (N-methyl/N-ethyl adjacent to an activating group) is 1. The highest BCUT2D eigenvalue weighted by Crippen LogP contribution is 2.15. The van der Waals surface area contributed by atoms with Crippen molar-refractivity contribution in [2.75, 3.05) is 26.7 Å². The molecule has 3 nitrogen and oxygen atoms in total. The zero-order valence-corrected chi connectivity index (χ0v) is 10.0. The molecule has 0 fully saturated rings. The predicted octanol–water partition coefficient (Wildman–Crippen LogP) is 1.83. The van der Waals surface area contributed by atoms with E-state index >= 15 is 0 Å². The van der Waals surface area contributed by atoms with E-state index in [4.69, 9.17) is 5.73 Å². The van der Waals surface area contributed by atoms with Crippen LogP contribution in [0.4, 0.5) is 13.2 Å². The standard InChI is InChI=1S/C10H21F3N2O/c1-8(2)9(14)4-5-15(3)6-7-16-10(11,12)13/h8-9H,4-7,14H2,1-3H3. The van der Waals surface area contributed by atoms with Crippen molar-refractivity contribution in [3.63, 3.8) is 0 Å². The Morgan fingerprint density at radius 2 is 1.81 bits per heavy atom. The lowest BCUT2D eigenvalue weighted by atomic mass is 10.0. The van der Waals surface area contributed by atoms with Gasteiger partial charge in [-0.25, -0.2) is 0 Å². The largest absolute Gasteiger partial charge is 0.522 e. The number of alkyl halides is 3. The number of nitrogens with two attached hydrogens (primary N) is 1. The summed E-state index contributed by atoms with van der Waals surface area (Å²) >= 11 is 0. The van der Waals surface area contributed by atoms with Crippen molar-refractivity contribution < 1.29 is 17.9 Å². The van der Waals surface area contributed by atoms with Crippen LogP contribution < -0.4 is 5.73 Å². The maximum Gasteiger partial charge on any atom is 0.522 e. The van der Waals surface area contributed by atoms with E-state index < -0.39 is 6.36 Å². The second-order valence-corrected chi connectivity index (χ2v) is 4.29. The molecule has 0 saturated heterocycles. The second kappa shape index (κ2) is 7.09. The zero-order chi connectivity index (χ0) is 12.8. The normalized spacial score (nSPS) is 14.8. The summed E-state index contributed by atoms with van der Waals surface area (Å²) in [5.74, 6) is 0.389. The van der Waals surface area contributed by atoms with Gasteiger partial charge in [0, 0.05) is 12.6 Å². The number of nitrogens with zero attached hydrogens (tertiary/aromatic N) is 1. The van der Waals surface area contributed by atoms with Gasteiger partial charge in [-0.3, -0.25) is 4.74 Å². The lowest BCUT2D eigenvalue weighted by molar-refractivity contribution is -0.324. The zero-order valence-electron chi connectivity index (χ0n) is 10.0. The highest BCUT2D eigenvalue weighted by molar-refractivity contribution is 4.67. The van der Waals surface area contributed by atoms with Gasteiger partial charge in [-0.15, -0.1) is 13.2 Å². The van der Waals surface area contributed by atoms with Gasteiger partial charge in [0.2, 0.25) is 0 Å². The minimum atomic E-state index is -4.53. The lowest BCUT2D eigenvalue weighted by Gasteiger charge is -2.21. The Kier molecular flexibility index (Phi) is 6.94. The van der Waals surface area contributed by atoms with Crippen molar-refractivity contribution in [2.24, 2.45) is 11.7 Å². The van der Waals surface area contributed by atoms with Crippen LogP contribution in [-0.4, -0.2) is 44.0 Å². The molecule has 0 aromatic carbocycles. The quantitative estimate of drug-likeness (QED) is 0.740. The number of hydrogen-bond donors (Lipinski definition) is 1. The van der Waals surface area contributed by atoms with Gasteiger partial charge >= 0.3 is 6.36 Å². The molecule has 0 bridgehead atoms. The van der Waals surface area contributed by atoms with Gasteiger partial charge < -0.3 is 10.6 Å². The minimum Gasteiger partial charge on any atom is -0.327 e. The topological polar surface area (TPSA) is 38.5 Å². The minimum absolute atomic E-state index is 0.0889. The lowest BCUT2D eigenvalue weighted by Crippen LogP contribution is -2.33. The van der Waals surface area contributed by atoms with E-state index in [-0.39, 0.29) is 19.2 Å². The van der Waals surface area contributed by atoms with Gasteiger partial charge in [0.25, 0.3) is 0 Å². The Labute approximate surface area is 94.7 Å². The van der Waals surface area contributed by atoms with Crippen LogP contribution in [0.25, 0.3) is 0 Å². The molecule has 6 heteroatoms. The summed E-state index contributed by atoms with van der Waals surface area (Å²) < 4.78 is 38.7. The summed E-state index contributed by atoms with van der Waals surface area (Å²) in [7, 11) is 1.76. The van der Waals surface area contributed by atoms with Gasteiger partial charge in [0.15, 0.2) is 0 Å². The Hall–Kier alpha value is -0.330. The number of hydrogen-bond acceptors (Lipinski definition) is 3. The van der Waals surface area contributed by atoms with E-state index in [0.29, 0.717) is 12.5 Å². The highest BCUT2D eigenvalue weighted by Gasteiger charge is 2.28. The number of rotatable bonds is 7. The van der Waals surface area contributed by atoms with Crippen molar-refractivity contribution in [3.8, 4) is 0 Å². The maximum absolute atomic E-state index is 11.7. The molecule has 0 amide bonds. The Morgan fingerprint density at radius 1 is 1.25 bits per heavy atom. The molecule has 0 heterocycles. The predicted molar refractivity (Wildman–Crippen MR) is 56.9 cm³/mol. The van der Waals surface area contributed by atoms with Crippen LogP contribution in [0.1, 0.15) is 20.3 Å². The molecular formula is C10H21F3N2O. The first-order valence-corrected chi connectivity index (χ1v) is 5.37. The first-order valence-electron chi connectivity index (χ1n) is 5.37. The third-order valence-corrected chi connectivity index (χ3v) is 2.44. The van der Waals surface area contributed by atoms with E-state index in [1.54, 1.807) is 11.9 Å². The van der Waals surface area contributed by atoms with Crippen LogP contribution in [0, 0.1) is 5.92 Å². The summed E-state index contributed by atoms with van der Waals surface area (Å²) in [6.45, 7) is 4.65. The van der Waals surface area contributed by atoms with Crippen molar-refractivity contribution >= 4 is 0 Å². The van der Waals surface area contributed by atoms with Gasteiger partial charge in [-0.2, -0.15) is 0 Å². The molecule has 1 atom stereocenters. The first kappa shape index (κ1) is 15.7. The molecule has 0 rings (SSSR count). The fourth-order valence-corrected chi connectivity index (χ4v) is 1.13. The molecule has 0 radical (unpaired) electrons. The van der Waals surface area contributed by atoms with Crippen LogP contribution in [0.2, 0.25) is 0 Å². The average molecular weight is 242 g/mol. The Bertz CT molecular complexity index is 185. The van der Waals surface area contributed by atoms with Gasteiger partial charge in [0.1, 0.15) is 0 Å². The summed E-state index contributed by atoms with van der Waals surface area (Å²) in [5.41, 5.74) is 5.82. The molecule has 0 aliphatic heterocycles. The van der Waals surface area contributed by atoms with E-state index in [0.717, 1.165) is 6.42 Å². The Balaban J connectivity index is 3.56. The molecular weight excluding hydrogens is 221 g/mol. The van der Waals surface area contributed by atoms with Crippen molar-refractivity contribution in [1.29, 1.82) is 0 Å². The smallest absolute Gasteiger partial charge is 0.327 e. The maximum atomic E-state index is 11.7.